The maximum Gasteiger partial charge on any atom is 0.310 e. The molecule has 4 nitrogen and oxygen atoms in total. The van der Waals surface area contributed by atoms with Crippen LogP contribution in [0.1, 0.15) is 18.9 Å². The van der Waals surface area contributed by atoms with Gasteiger partial charge in [0.2, 0.25) is 0 Å². The number of anilines is 1. The second-order valence-corrected chi connectivity index (χ2v) is 5.69. The third kappa shape index (κ3) is 4.80. The minimum Gasteiger partial charge on any atom is -0.469 e. The normalized spacial score (nSPS) is 15.2. The van der Waals surface area contributed by atoms with Crippen LogP contribution in [0.3, 0.4) is 0 Å². The Kier molecular flexibility index (Phi) is 6.32. The first-order chi connectivity index (χ1) is 11.5. The summed E-state index contributed by atoms with van der Waals surface area (Å²) in [5, 5.41) is 6.50. The van der Waals surface area contributed by atoms with Crippen molar-refractivity contribution in [1.82, 2.24) is 5.32 Å². The fourth-order valence-electron chi connectivity index (χ4n) is 2.62. The van der Waals surface area contributed by atoms with Crippen LogP contribution in [-0.2, 0) is 16.0 Å². The summed E-state index contributed by atoms with van der Waals surface area (Å²) in [4.78, 5) is 11.2. The lowest BCUT2D eigenvalue weighted by atomic mass is 10.0. The molecule has 1 heterocycles. The van der Waals surface area contributed by atoms with Crippen molar-refractivity contribution < 1.29 is 13.9 Å². The molecule has 0 aromatic heterocycles. The molecule has 0 saturated heterocycles. The molecule has 1 aromatic rings. The summed E-state index contributed by atoms with van der Waals surface area (Å²) in [5.74, 6) is -0.886. The van der Waals surface area contributed by atoms with Crippen molar-refractivity contribution in [2.24, 2.45) is 0 Å². The Morgan fingerprint density at radius 2 is 2.25 bits per heavy atom. The summed E-state index contributed by atoms with van der Waals surface area (Å²) in [6.07, 6.45) is 4.82. The number of carbonyl (C=O) groups is 1. The van der Waals surface area contributed by atoms with E-state index in [1.807, 2.05) is 19.1 Å². The Balaban J connectivity index is 2.11. The number of carbonyl (C=O) groups excluding carboxylic acids is 1. The van der Waals surface area contributed by atoms with Crippen molar-refractivity contribution >= 4 is 11.7 Å². The van der Waals surface area contributed by atoms with Crippen LogP contribution in [0.15, 0.2) is 53.8 Å². The van der Waals surface area contributed by atoms with Crippen molar-refractivity contribution in [2.75, 3.05) is 25.5 Å². The lowest BCUT2D eigenvalue weighted by Gasteiger charge is -2.18. The lowest BCUT2D eigenvalue weighted by Crippen LogP contribution is -2.24. The number of nitrogens with one attached hydrogen (secondary N) is 2. The van der Waals surface area contributed by atoms with E-state index in [4.69, 9.17) is 0 Å². The molecule has 1 aromatic carbocycles. The van der Waals surface area contributed by atoms with Gasteiger partial charge in [0, 0.05) is 17.9 Å². The third-order valence-electron chi connectivity index (χ3n) is 3.89. The average Bonchev–Trinajstić information content (AvgIpc) is 2.57. The molecule has 0 spiro atoms. The zero-order valence-corrected chi connectivity index (χ0v) is 14.1. The molecule has 1 aliphatic heterocycles. The number of benzene rings is 1. The average molecular weight is 330 g/mol. The van der Waals surface area contributed by atoms with E-state index in [1.165, 1.54) is 24.3 Å². The SMILES string of the molecule is C=CC1=C(/C=C(\C)Nc2ccc(CC(=O)OC)c(F)c2)CNCC1. The minimum absolute atomic E-state index is 0.0707. The van der Waals surface area contributed by atoms with Crippen LogP contribution < -0.4 is 10.6 Å². The molecular weight excluding hydrogens is 307 g/mol. The van der Waals surface area contributed by atoms with Crippen molar-refractivity contribution in [2.45, 2.75) is 19.8 Å². The van der Waals surface area contributed by atoms with E-state index < -0.39 is 11.8 Å². The maximum atomic E-state index is 14.1. The number of methoxy groups -OCH3 is 1. The molecule has 0 amide bonds. The van der Waals surface area contributed by atoms with Crippen LogP contribution in [0.4, 0.5) is 10.1 Å². The van der Waals surface area contributed by atoms with Crippen LogP contribution in [0.2, 0.25) is 0 Å². The molecule has 0 aliphatic carbocycles. The molecule has 0 fully saturated rings. The summed E-state index contributed by atoms with van der Waals surface area (Å²) >= 11 is 0. The number of ether oxygens (including phenoxy) is 1. The largest absolute Gasteiger partial charge is 0.469 e. The fourth-order valence-corrected chi connectivity index (χ4v) is 2.62. The molecule has 5 heteroatoms. The van der Waals surface area contributed by atoms with Crippen LogP contribution >= 0.6 is 0 Å². The van der Waals surface area contributed by atoms with Gasteiger partial charge in [-0.05, 0) is 54.8 Å². The quantitative estimate of drug-likeness (QED) is 0.786. The van der Waals surface area contributed by atoms with E-state index >= 15 is 0 Å². The van der Waals surface area contributed by atoms with Crippen molar-refractivity contribution in [3.05, 3.63) is 65.2 Å². The standard InChI is InChI=1S/C19H23FN2O2/c1-4-14-7-8-21-12-16(14)9-13(2)22-17-6-5-15(18(20)11-17)10-19(23)24-3/h4-6,9,11,21-22H,1,7-8,10,12H2,2-3H3/b13-9+. The van der Waals surface area contributed by atoms with Gasteiger partial charge in [0.1, 0.15) is 5.82 Å². The van der Waals surface area contributed by atoms with Gasteiger partial charge in [-0.2, -0.15) is 0 Å². The van der Waals surface area contributed by atoms with Gasteiger partial charge < -0.3 is 15.4 Å². The van der Waals surface area contributed by atoms with Gasteiger partial charge in [-0.3, -0.25) is 4.79 Å². The van der Waals surface area contributed by atoms with Crippen LogP contribution in [0.5, 0.6) is 0 Å². The topological polar surface area (TPSA) is 50.4 Å². The lowest BCUT2D eigenvalue weighted by molar-refractivity contribution is -0.139. The van der Waals surface area contributed by atoms with E-state index in [-0.39, 0.29) is 6.42 Å². The predicted molar refractivity (Wildman–Crippen MR) is 94.2 cm³/mol. The summed E-state index contributed by atoms with van der Waals surface area (Å²) < 4.78 is 18.6. The first-order valence-electron chi connectivity index (χ1n) is 7.89. The van der Waals surface area contributed by atoms with E-state index in [9.17, 15) is 9.18 Å². The highest BCUT2D eigenvalue weighted by Gasteiger charge is 2.10. The molecule has 0 radical (unpaired) electrons. The number of rotatable bonds is 6. The summed E-state index contributed by atoms with van der Waals surface area (Å²) in [6.45, 7) is 7.54. The molecule has 2 rings (SSSR count). The zero-order valence-electron chi connectivity index (χ0n) is 14.1. The second-order valence-electron chi connectivity index (χ2n) is 5.69. The fraction of sp³-hybridized carbons (Fsp3) is 0.316. The zero-order chi connectivity index (χ0) is 17.5. The maximum absolute atomic E-state index is 14.1. The van der Waals surface area contributed by atoms with Gasteiger partial charge in [-0.1, -0.05) is 18.7 Å². The number of halogens is 1. The second kappa shape index (κ2) is 8.45. The summed E-state index contributed by atoms with van der Waals surface area (Å²) in [7, 11) is 1.29. The summed E-state index contributed by atoms with van der Waals surface area (Å²) in [6, 6.07) is 4.73. The number of hydrogen-bond donors (Lipinski definition) is 2. The molecule has 0 atom stereocenters. The number of esters is 1. The van der Waals surface area contributed by atoms with Gasteiger partial charge >= 0.3 is 5.97 Å². The van der Waals surface area contributed by atoms with E-state index in [0.29, 0.717) is 11.3 Å². The van der Waals surface area contributed by atoms with Crippen molar-refractivity contribution in [1.29, 1.82) is 0 Å². The number of allylic oxidation sites excluding steroid dienone is 2. The van der Waals surface area contributed by atoms with Crippen molar-refractivity contribution in [3.63, 3.8) is 0 Å². The van der Waals surface area contributed by atoms with Gasteiger partial charge in [-0.25, -0.2) is 4.39 Å². The molecule has 128 valence electrons. The monoisotopic (exact) mass is 330 g/mol. The van der Waals surface area contributed by atoms with Gasteiger partial charge in [0.15, 0.2) is 0 Å². The Labute approximate surface area is 142 Å². The molecule has 0 bridgehead atoms. The minimum atomic E-state index is -0.459. The Bertz CT molecular complexity index is 693. The Morgan fingerprint density at radius 1 is 1.46 bits per heavy atom. The van der Waals surface area contributed by atoms with Gasteiger partial charge in [-0.15, -0.1) is 0 Å². The molecule has 0 saturated carbocycles. The van der Waals surface area contributed by atoms with Gasteiger partial charge in [0.25, 0.3) is 0 Å². The molecule has 0 unspecified atom stereocenters. The van der Waals surface area contributed by atoms with Gasteiger partial charge in [0.05, 0.1) is 13.5 Å². The number of hydrogen-bond acceptors (Lipinski definition) is 4. The van der Waals surface area contributed by atoms with E-state index in [0.717, 1.165) is 25.2 Å². The van der Waals surface area contributed by atoms with Crippen molar-refractivity contribution in [3.8, 4) is 0 Å². The summed E-state index contributed by atoms with van der Waals surface area (Å²) in [5.41, 5.74) is 4.29. The van der Waals surface area contributed by atoms with Crippen LogP contribution in [0, 0.1) is 5.82 Å². The highest BCUT2D eigenvalue weighted by Crippen LogP contribution is 2.19. The van der Waals surface area contributed by atoms with E-state index in [2.05, 4.69) is 21.9 Å². The molecule has 2 N–H and O–H groups in total. The third-order valence-corrected chi connectivity index (χ3v) is 3.89. The van der Waals surface area contributed by atoms with Crippen LogP contribution in [-0.4, -0.2) is 26.2 Å². The van der Waals surface area contributed by atoms with E-state index in [1.54, 1.807) is 12.1 Å². The first kappa shape index (κ1) is 17.9. The Morgan fingerprint density at radius 3 is 2.92 bits per heavy atom. The highest BCUT2D eigenvalue weighted by atomic mass is 19.1. The highest BCUT2D eigenvalue weighted by molar-refractivity contribution is 5.72. The molecule has 1 aliphatic rings. The molecule has 24 heavy (non-hydrogen) atoms. The smallest absolute Gasteiger partial charge is 0.310 e. The first-order valence-corrected chi connectivity index (χ1v) is 7.89. The van der Waals surface area contributed by atoms with Crippen LogP contribution in [0.25, 0.3) is 0 Å². The Hall–Kier alpha value is -2.40. The molecular formula is C19H23FN2O2. The predicted octanol–water partition coefficient (Wildman–Crippen LogP) is 3.33.